The zero-order valence-electron chi connectivity index (χ0n) is 12.6. The lowest BCUT2D eigenvalue weighted by molar-refractivity contribution is -0.117. The van der Waals surface area contributed by atoms with Gasteiger partial charge in [0.2, 0.25) is 6.41 Å². The summed E-state index contributed by atoms with van der Waals surface area (Å²) in [6.45, 7) is 5.56. The summed E-state index contributed by atoms with van der Waals surface area (Å²) in [7, 11) is 0. The molecule has 8 nitrogen and oxygen atoms in total. The number of rotatable bonds is 10. The van der Waals surface area contributed by atoms with Gasteiger partial charge in [-0.15, -0.1) is 0 Å². The van der Waals surface area contributed by atoms with Gasteiger partial charge in [0.15, 0.2) is 0 Å². The van der Waals surface area contributed by atoms with Crippen LogP contribution in [0.2, 0.25) is 0 Å². The first kappa shape index (κ1) is 17.9. The summed E-state index contributed by atoms with van der Waals surface area (Å²) in [6.07, 6.45) is 2.76. The van der Waals surface area contributed by atoms with Crippen molar-refractivity contribution in [1.29, 1.82) is 5.26 Å². The van der Waals surface area contributed by atoms with Crippen molar-refractivity contribution in [3.8, 4) is 6.07 Å². The van der Waals surface area contributed by atoms with E-state index in [1.54, 1.807) is 0 Å². The Hall–Kier alpha value is -2.11. The van der Waals surface area contributed by atoms with Crippen molar-refractivity contribution in [2.45, 2.75) is 6.42 Å². The molecule has 0 bridgehead atoms. The molecule has 1 heterocycles. The fraction of sp³-hybridized carbons (Fsp3) is 0.643. The van der Waals surface area contributed by atoms with Crippen molar-refractivity contribution in [3.63, 3.8) is 0 Å². The topological polar surface area (TPSA) is 106 Å². The summed E-state index contributed by atoms with van der Waals surface area (Å²) < 4.78 is 5.25. The minimum absolute atomic E-state index is 0.0466. The average molecular weight is 309 g/mol. The van der Waals surface area contributed by atoms with E-state index < -0.39 is 0 Å². The lowest BCUT2D eigenvalue weighted by Crippen LogP contribution is -2.41. The lowest BCUT2D eigenvalue weighted by atomic mass is 10.3. The minimum atomic E-state index is -0.380. The van der Waals surface area contributed by atoms with Crippen LogP contribution in [0, 0.1) is 11.3 Å². The van der Waals surface area contributed by atoms with Crippen molar-refractivity contribution in [1.82, 2.24) is 20.9 Å². The summed E-state index contributed by atoms with van der Waals surface area (Å²) in [5, 5.41) is 17.1. The van der Waals surface area contributed by atoms with Crippen molar-refractivity contribution in [3.05, 3.63) is 11.8 Å². The van der Waals surface area contributed by atoms with Crippen LogP contribution >= 0.6 is 0 Å². The van der Waals surface area contributed by atoms with Gasteiger partial charge in [0.05, 0.1) is 13.2 Å². The van der Waals surface area contributed by atoms with Crippen LogP contribution in [0.1, 0.15) is 6.42 Å². The molecule has 1 saturated heterocycles. The van der Waals surface area contributed by atoms with Crippen molar-refractivity contribution < 1.29 is 14.3 Å². The third-order valence-corrected chi connectivity index (χ3v) is 3.15. The summed E-state index contributed by atoms with van der Waals surface area (Å²) >= 11 is 0. The molecule has 0 spiro atoms. The summed E-state index contributed by atoms with van der Waals surface area (Å²) in [4.78, 5) is 24.1. The summed E-state index contributed by atoms with van der Waals surface area (Å²) in [5.74, 6) is -0.380. The van der Waals surface area contributed by atoms with E-state index in [-0.39, 0.29) is 11.5 Å². The van der Waals surface area contributed by atoms with E-state index in [0.29, 0.717) is 32.5 Å². The molecular formula is C14H23N5O3. The number of nitrogens with zero attached hydrogens (tertiary/aromatic N) is 2. The fourth-order valence-corrected chi connectivity index (χ4v) is 1.92. The molecule has 0 saturated carbocycles. The third-order valence-electron chi connectivity index (χ3n) is 3.15. The zero-order valence-corrected chi connectivity index (χ0v) is 12.6. The number of hydrogen-bond donors (Lipinski definition) is 3. The van der Waals surface area contributed by atoms with Crippen molar-refractivity contribution in [2.75, 3.05) is 52.5 Å². The molecule has 2 amide bonds. The number of ether oxygens (including phenoxy) is 1. The number of nitriles is 1. The van der Waals surface area contributed by atoms with Crippen LogP contribution < -0.4 is 16.0 Å². The van der Waals surface area contributed by atoms with Crippen LogP contribution in [0.3, 0.4) is 0 Å². The Bertz CT molecular complexity index is 413. The molecule has 0 aromatic carbocycles. The molecule has 1 aliphatic rings. The van der Waals surface area contributed by atoms with Crippen LogP contribution in [-0.4, -0.2) is 69.7 Å². The molecule has 0 aromatic heterocycles. The minimum Gasteiger partial charge on any atom is -0.390 e. The van der Waals surface area contributed by atoms with Gasteiger partial charge in [-0.05, 0) is 6.42 Å². The van der Waals surface area contributed by atoms with E-state index in [2.05, 4.69) is 20.9 Å². The van der Waals surface area contributed by atoms with Gasteiger partial charge in [-0.3, -0.25) is 14.5 Å². The van der Waals surface area contributed by atoms with E-state index in [4.69, 9.17) is 10.00 Å². The van der Waals surface area contributed by atoms with E-state index in [9.17, 15) is 9.59 Å². The van der Waals surface area contributed by atoms with Crippen LogP contribution in [0.15, 0.2) is 11.8 Å². The SMILES string of the molecule is N#C/C(=C/NCCCNC=O)C(=O)NCCN1CCOCC1. The average Bonchev–Trinajstić information content (AvgIpc) is 2.55. The largest absolute Gasteiger partial charge is 0.390 e. The Kier molecular flexibility index (Phi) is 9.41. The maximum Gasteiger partial charge on any atom is 0.263 e. The van der Waals surface area contributed by atoms with Gasteiger partial charge in [-0.1, -0.05) is 0 Å². The van der Waals surface area contributed by atoms with Gasteiger partial charge in [0.25, 0.3) is 5.91 Å². The molecular weight excluding hydrogens is 286 g/mol. The molecule has 0 aromatic rings. The highest BCUT2D eigenvalue weighted by Gasteiger charge is 2.11. The van der Waals surface area contributed by atoms with Crippen molar-refractivity contribution >= 4 is 12.3 Å². The Labute approximate surface area is 130 Å². The maximum atomic E-state index is 11.8. The van der Waals surface area contributed by atoms with E-state index in [1.165, 1.54) is 6.20 Å². The van der Waals surface area contributed by atoms with Crippen molar-refractivity contribution in [2.24, 2.45) is 0 Å². The summed E-state index contributed by atoms with van der Waals surface area (Å²) in [5.41, 5.74) is 0.0466. The van der Waals surface area contributed by atoms with Gasteiger partial charge < -0.3 is 20.7 Å². The Morgan fingerprint density at radius 2 is 1.95 bits per heavy atom. The molecule has 22 heavy (non-hydrogen) atoms. The second-order valence-electron chi connectivity index (χ2n) is 4.76. The second-order valence-corrected chi connectivity index (χ2v) is 4.76. The summed E-state index contributed by atoms with van der Waals surface area (Å²) in [6, 6.07) is 1.87. The van der Waals surface area contributed by atoms with Gasteiger partial charge in [0, 0.05) is 45.5 Å². The van der Waals surface area contributed by atoms with Gasteiger partial charge in [-0.25, -0.2) is 0 Å². The molecule has 0 unspecified atom stereocenters. The molecule has 0 aliphatic carbocycles. The molecule has 1 rings (SSSR count). The first-order chi connectivity index (χ1) is 10.8. The van der Waals surface area contributed by atoms with Gasteiger partial charge in [-0.2, -0.15) is 5.26 Å². The molecule has 8 heteroatoms. The molecule has 1 fully saturated rings. The number of nitrogens with one attached hydrogen (secondary N) is 3. The predicted octanol–water partition coefficient (Wildman–Crippen LogP) is -1.43. The second kappa shape index (κ2) is 11.5. The lowest BCUT2D eigenvalue weighted by Gasteiger charge is -2.26. The molecule has 0 radical (unpaired) electrons. The number of carbonyl (C=O) groups excluding carboxylic acids is 2. The number of hydrogen-bond acceptors (Lipinski definition) is 6. The Balaban J connectivity index is 2.19. The van der Waals surface area contributed by atoms with Crippen LogP contribution in [0.4, 0.5) is 0 Å². The van der Waals surface area contributed by atoms with Crippen LogP contribution in [-0.2, 0) is 14.3 Å². The smallest absolute Gasteiger partial charge is 0.263 e. The van der Waals surface area contributed by atoms with Gasteiger partial charge in [0.1, 0.15) is 11.6 Å². The number of amides is 2. The third kappa shape index (κ3) is 7.61. The van der Waals surface area contributed by atoms with Gasteiger partial charge >= 0.3 is 0 Å². The molecule has 0 atom stereocenters. The first-order valence-corrected chi connectivity index (χ1v) is 7.37. The predicted molar refractivity (Wildman–Crippen MR) is 80.7 cm³/mol. The highest BCUT2D eigenvalue weighted by Crippen LogP contribution is 1.95. The molecule has 122 valence electrons. The normalized spacial score (nSPS) is 15.7. The Morgan fingerprint density at radius 1 is 1.23 bits per heavy atom. The number of morpholine rings is 1. The molecule has 1 aliphatic heterocycles. The van der Waals surface area contributed by atoms with Crippen LogP contribution in [0.25, 0.3) is 0 Å². The fourth-order valence-electron chi connectivity index (χ4n) is 1.92. The monoisotopic (exact) mass is 309 g/mol. The standard InChI is InChI=1S/C14H23N5O3/c15-10-13(11-16-2-1-3-17-12-20)14(21)18-4-5-19-6-8-22-9-7-19/h11-12,16H,1-9H2,(H,17,20)(H,18,21)/b13-11-. The quantitative estimate of drug-likeness (QED) is 0.198. The highest BCUT2D eigenvalue weighted by molar-refractivity contribution is 5.97. The van der Waals surface area contributed by atoms with Crippen LogP contribution in [0.5, 0.6) is 0 Å². The van der Waals surface area contributed by atoms with E-state index >= 15 is 0 Å². The maximum absolute atomic E-state index is 11.8. The van der Waals surface area contributed by atoms with E-state index in [1.807, 2.05) is 6.07 Å². The molecule has 3 N–H and O–H groups in total. The zero-order chi connectivity index (χ0) is 16.0. The first-order valence-electron chi connectivity index (χ1n) is 7.37. The Morgan fingerprint density at radius 3 is 2.64 bits per heavy atom. The number of carbonyl (C=O) groups is 2. The van der Waals surface area contributed by atoms with E-state index in [0.717, 1.165) is 32.8 Å². The highest BCUT2D eigenvalue weighted by atomic mass is 16.5.